The molecule has 0 spiro atoms. The Hall–Kier alpha value is -1.11. The lowest BCUT2D eigenvalue weighted by molar-refractivity contribution is -0.117. The Kier molecular flexibility index (Phi) is 5.24. The summed E-state index contributed by atoms with van der Waals surface area (Å²) in [6.45, 7) is 2.65. The van der Waals surface area contributed by atoms with Crippen LogP contribution in [0.15, 0.2) is 24.3 Å². The molecule has 0 bridgehead atoms. The first-order valence-corrected chi connectivity index (χ1v) is 8.97. The molecule has 1 heterocycles. The first-order chi connectivity index (χ1) is 9.91. The minimum Gasteiger partial charge on any atom is -0.312 e. The molecular weight excluding hydrogens is 312 g/mol. The molecule has 1 N–H and O–H groups in total. The van der Waals surface area contributed by atoms with Gasteiger partial charge in [-0.3, -0.25) is 4.79 Å². The molecule has 0 aliphatic carbocycles. The van der Waals surface area contributed by atoms with Crippen LogP contribution in [0.25, 0.3) is 0 Å². The number of nitrogens with zero attached hydrogens (tertiary/aromatic N) is 1. The summed E-state index contributed by atoms with van der Waals surface area (Å²) in [7, 11) is -3.22. The largest absolute Gasteiger partial charge is 0.312 e. The average Bonchev–Trinajstić information content (AvgIpc) is 2.79. The van der Waals surface area contributed by atoms with Crippen molar-refractivity contribution in [2.45, 2.75) is 19.8 Å². The Balaban J connectivity index is 1.95. The molecule has 1 aliphatic heterocycles. The van der Waals surface area contributed by atoms with Crippen molar-refractivity contribution < 1.29 is 13.2 Å². The molecule has 1 aromatic carbocycles. The second kappa shape index (κ2) is 6.77. The summed E-state index contributed by atoms with van der Waals surface area (Å²) in [4.78, 5) is 13.7. The van der Waals surface area contributed by atoms with E-state index in [0.29, 0.717) is 31.0 Å². The van der Waals surface area contributed by atoms with Crippen molar-refractivity contribution in [2.24, 2.45) is 5.92 Å². The molecule has 0 aromatic heterocycles. The highest BCUT2D eigenvalue weighted by molar-refractivity contribution is 7.89. The molecule has 0 saturated carbocycles. The van der Waals surface area contributed by atoms with Crippen LogP contribution in [0.4, 0.5) is 5.69 Å². The zero-order valence-electron chi connectivity index (χ0n) is 11.9. The van der Waals surface area contributed by atoms with Gasteiger partial charge in [0.1, 0.15) is 0 Å². The number of rotatable bonds is 6. The van der Waals surface area contributed by atoms with Crippen LogP contribution in [0.2, 0.25) is 5.02 Å². The third kappa shape index (κ3) is 4.43. The van der Waals surface area contributed by atoms with Gasteiger partial charge < -0.3 is 4.90 Å². The van der Waals surface area contributed by atoms with Crippen LogP contribution in [0.5, 0.6) is 0 Å². The van der Waals surface area contributed by atoms with Gasteiger partial charge in [0.15, 0.2) is 0 Å². The van der Waals surface area contributed by atoms with Crippen LogP contribution >= 0.6 is 11.6 Å². The highest BCUT2D eigenvalue weighted by Gasteiger charge is 2.31. The molecule has 0 radical (unpaired) electrons. The predicted molar refractivity (Wildman–Crippen MR) is 84.0 cm³/mol. The van der Waals surface area contributed by atoms with Gasteiger partial charge in [0.05, 0.1) is 5.75 Å². The molecule has 2 rings (SSSR count). The van der Waals surface area contributed by atoms with Crippen LogP contribution in [-0.4, -0.2) is 33.2 Å². The highest BCUT2D eigenvalue weighted by atomic mass is 35.5. The Morgan fingerprint density at radius 2 is 2.00 bits per heavy atom. The third-order valence-electron chi connectivity index (χ3n) is 3.41. The first-order valence-electron chi connectivity index (χ1n) is 6.94. The van der Waals surface area contributed by atoms with Crippen LogP contribution in [0.1, 0.15) is 19.8 Å². The standard InChI is InChI=1S/C14H19ClN2O3S/c1-2-7-21(19,20)16-9-11-8-14(18)17(10-11)13-5-3-12(15)4-6-13/h3-6,11,16H,2,7-10H2,1H3/t11-/m1/s1. The molecule has 7 heteroatoms. The lowest BCUT2D eigenvalue weighted by atomic mass is 10.1. The molecule has 1 amide bonds. The smallest absolute Gasteiger partial charge is 0.227 e. The molecule has 1 aromatic rings. The minimum absolute atomic E-state index is 0.000177. The average molecular weight is 331 g/mol. The van der Waals surface area contributed by atoms with E-state index in [1.165, 1.54) is 0 Å². The fourth-order valence-corrected chi connectivity index (χ4v) is 3.67. The van der Waals surface area contributed by atoms with Gasteiger partial charge in [0, 0.05) is 30.2 Å². The lowest BCUT2D eigenvalue weighted by Crippen LogP contribution is -2.32. The number of amides is 1. The van der Waals surface area contributed by atoms with Crippen molar-refractivity contribution in [3.63, 3.8) is 0 Å². The number of halogens is 1. The quantitative estimate of drug-likeness (QED) is 0.867. The molecular formula is C14H19ClN2O3S. The van der Waals surface area contributed by atoms with E-state index in [4.69, 9.17) is 11.6 Å². The van der Waals surface area contributed by atoms with E-state index in [1.807, 2.05) is 6.92 Å². The Morgan fingerprint density at radius 3 is 2.62 bits per heavy atom. The van der Waals surface area contributed by atoms with E-state index in [0.717, 1.165) is 5.69 Å². The maximum atomic E-state index is 12.0. The van der Waals surface area contributed by atoms with Gasteiger partial charge in [-0.15, -0.1) is 0 Å². The molecule has 1 aliphatic rings. The SMILES string of the molecule is CCCS(=O)(=O)NC[C@H]1CC(=O)N(c2ccc(Cl)cc2)C1. The van der Waals surface area contributed by atoms with Gasteiger partial charge in [-0.05, 0) is 36.6 Å². The summed E-state index contributed by atoms with van der Waals surface area (Å²) in [6, 6.07) is 7.07. The van der Waals surface area contributed by atoms with Crippen LogP contribution in [-0.2, 0) is 14.8 Å². The predicted octanol–water partition coefficient (Wildman–Crippen LogP) is 2.02. The number of hydrogen-bond acceptors (Lipinski definition) is 3. The third-order valence-corrected chi connectivity index (χ3v) is 5.21. The van der Waals surface area contributed by atoms with Gasteiger partial charge >= 0.3 is 0 Å². The monoisotopic (exact) mass is 330 g/mol. The maximum absolute atomic E-state index is 12.0. The van der Waals surface area contributed by atoms with E-state index in [2.05, 4.69) is 4.72 Å². The van der Waals surface area contributed by atoms with Crippen LogP contribution in [0.3, 0.4) is 0 Å². The normalized spacial score (nSPS) is 19.2. The number of benzene rings is 1. The van der Waals surface area contributed by atoms with Crippen LogP contribution in [0, 0.1) is 5.92 Å². The van der Waals surface area contributed by atoms with Crippen LogP contribution < -0.4 is 9.62 Å². The van der Waals surface area contributed by atoms with Gasteiger partial charge in [0.2, 0.25) is 15.9 Å². The molecule has 1 saturated heterocycles. The summed E-state index contributed by atoms with van der Waals surface area (Å²) < 4.78 is 25.8. The second-order valence-electron chi connectivity index (χ2n) is 5.22. The Morgan fingerprint density at radius 1 is 1.33 bits per heavy atom. The summed E-state index contributed by atoms with van der Waals surface area (Å²) in [5.74, 6) is 0.131. The summed E-state index contributed by atoms with van der Waals surface area (Å²) in [5, 5.41) is 0.620. The molecule has 116 valence electrons. The number of carbonyl (C=O) groups excluding carboxylic acids is 1. The van der Waals surface area contributed by atoms with Gasteiger partial charge in [-0.1, -0.05) is 18.5 Å². The highest BCUT2D eigenvalue weighted by Crippen LogP contribution is 2.26. The van der Waals surface area contributed by atoms with E-state index >= 15 is 0 Å². The van der Waals surface area contributed by atoms with E-state index in [1.54, 1.807) is 29.2 Å². The van der Waals surface area contributed by atoms with E-state index in [-0.39, 0.29) is 17.6 Å². The number of carbonyl (C=O) groups is 1. The van der Waals surface area contributed by atoms with Gasteiger partial charge in [0.25, 0.3) is 0 Å². The Bertz CT molecular complexity index is 601. The topological polar surface area (TPSA) is 66.5 Å². The van der Waals surface area contributed by atoms with Gasteiger partial charge in [-0.2, -0.15) is 0 Å². The minimum atomic E-state index is -3.22. The Labute approximate surface area is 130 Å². The second-order valence-corrected chi connectivity index (χ2v) is 7.58. The number of hydrogen-bond donors (Lipinski definition) is 1. The van der Waals surface area contributed by atoms with Crippen molar-refractivity contribution in [3.8, 4) is 0 Å². The molecule has 1 fully saturated rings. The molecule has 5 nitrogen and oxygen atoms in total. The van der Waals surface area contributed by atoms with Crippen molar-refractivity contribution in [1.29, 1.82) is 0 Å². The number of nitrogens with one attached hydrogen (secondary N) is 1. The summed E-state index contributed by atoms with van der Waals surface area (Å²) >= 11 is 5.83. The van der Waals surface area contributed by atoms with Gasteiger partial charge in [-0.25, -0.2) is 13.1 Å². The first kappa shape index (κ1) is 16.3. The van der Waals surface area contributed by atoms with Crippen molar-refractivity contribution in [2.75, 3.05) is 23.7 Å². The van der Waals surface area contributed by atoms with E-state index in [9.17, 15) is 13.2 Å². The van der Waals surface area contributed by atoms with Crippen molar-refractivity contribution in [1.82, 2.24) is 4.72 Å². The summed E-state index contributed by atoms with van der Waals surface area (Å²) in [5.41, 5.74) is 0.795. The van der Waals surface area contributed by atoms with E-state index < -0.39 is 10.0 Å². The lowest BCUT2D eigenvalue weighted by Gasteiger charge is -2.17. The van der Waals surface area contributed by atoms with Crippen molar-refractivity contribution in [3.05, 3.63) is 29.3 Å². The fraction of sp³-hybridized carbons (Fsp3) is 0.500. The molecule has 21 heavy (non-hydrogen) atoms. The fourth-order valence-electron chi connectivity index (χ4n) is 2.37. The number of sulfonamides is 1. The maximum Gasteiger partial charge on any atom is 0.227 e. The zero-order valence-corrected chi connectivity index (χ0v) is 13.5. The molecule has 0 unspecified atom stereocenters. The van der Waals surface area contributed by atoms with Crippen molar-refractivity contribution >= 4 is 33.2 Å². The number of anilines is 1. The molecule has 1 atom stereocenters. The summed E-state index contributed by atoms with van der Waals surface area (Å²) in [6.07, 6.45) is 0.938. The zero-order chi connectivity index (χ0) is 15.5.